The molecule has 2 heteroatoms. The van der Waals surface area contributed by atoms with Crippen LogP contribution in [0.1, 0.15) is 68.9 Å². The molecule has 2 aliphatic rings. The molecule has 20 heavy (non-hydrogen) atoms. The van der Waals surface area contributed by atoms with Crippen LogP contribution in [-0.2, 0) is 10.3 Å². The molecule has 0 spiro atoms. The lowest BCUT2D eigenvalue weighted by Crippen LogP contribution is -2.39. The van der Waals surface area contributed by atoms with E-state index in [4.69, 9.17) is 4.74 Å². The molecule has 1 N–H and O–H groups in total. The second-order valence-corrected chi connectivity index (χ2v) is 6.48. The van der Waals surface area contributed by atoms with Gasteiger partial charge in [-0.2, -0.15) is 0 Å². The van der Waals surface area contributed by atoms with Gasteiger partial charge in [-0.3, -0.25) is 0 Å². The molecule has 1 heterocycles. The smallest absolute Gasteiger partial charge is 0.0945 e. The predicted molar refractivity (Wildman–Crippen MR) is 80.8 cm³/mol. The molecule has 110 valence electrons. The monoisotopic (exact) mass is 274 g/mol. The van der Waals surface area contributed by atoms with Gasteiger partial charge in [-0.1, -0.05) is 44.0 Å². The average Bonchev–Trinajstić information content (AvgIpc) is 2.38. The normalized spacial score (nSPS) is 31.0. The van der Waals surface area contributed by atoms with E-state index in [1.165, 1.54) is 30.4 Å². The second kappa shape index (κ2) is 5.87. The second-order valence-electron chi connectivity index (χ2n) is 6.48. The SMILES string of the molecule is CCCC1CC(O)(c2ccccc2C2CCC2)CCO1. The molecule has 0 radical (unpaired) electrons. The number of hydrogen-bond donors (Lipinski definition) is 1. The molecule has 2 nitrogen and oxygen atoms in total. The summed E-state index contributed by atoms with van der Waals surface area (Å²) in [7, 11) is 0. The van der Waals surface area contributed by atoms with Crippen molar-refractivity contribution in [2.75, 3.05) is 6.61 Å². The largest absolute Gasteiger partial charge is 0.385 e. The van der Waals surface area contributed by atoms with E-state index < -0.39 is 5.60 Å². The topological polar surface area (TPSA) is 29.5 Å². The molecule has 1 saturated carbocycles. The summed E-state index contributed by atoms with van der Waals surface area (Å²) in [6.07, 6.45) is 7.76. The predicted octanol–water partition coefficient (Wildman–Crippen LogP) is 4.12. The van der Waals surface area contributed by atoms with Crippen LogP contribution in [0.3, 0.4) is 0 Å². The molecule has 2 unspecified atom stereocenters. The molecular weight excluding hydrogens is 248 g/mol. The third-order valence-corrected chi connectivity index (χ3v) is 5.05. The Hall–Kier alpha value is -0.860. The maximum Gasteiger partial charge on any atom is 0.0945 e. The van der Waals surface area contributed by atoms with Crippen LogP contribution in [0.5, 0.6) is 0 Å². The van der Waals surface area contributed by atoms with Crippen molar-refractivity contribution in [3.8, 4) is 0 Å². The van der Waals surface area contributed by atoms with Crippen LogP contribution in [-0.4, -0.2) is 17.8 Å². The quantitative estimate of drug-likeness (QED) is 0.895. The van der Waals surface area contributed by atoms with E-state index in [0.29, 0.717) is 12.5 Å². The highest BCUT2D eigenvalue weighted by Gasteiger charge is 2.39. The first-order valence-electron chi connectivity index (χ1n) is 8.16. The van der Waals surface area contributed by atoms with Crippen molar-refractivity contribution in [3.05, 3.63) is 35.4 Å². The third kappa shape index (κ3) is 2.64. The Morgan fingerprint density at radius 3 is 2.80 bits per heavy atom. The van der Waals surface area contributed by atoms with Gasteiger partial charge in [0.25, 0.3) is 0 Å². The van der Waals surface area contributed by atoms with Gasteiger partial charge in [-0.05, 0) is 36.3 Å². The number of rotatable bonds is 4. The molecule has 1 aliphatic heterocycles. The van der Waals surface area contributed by atoms with Crippen molar-refractivity contribution in [2.45, 2.75) is 69.5 Å². The lowest BCUT2D eigenvalue weighted by atomic mass is 9.72. The van der Waals surface area contributed by atoms with Crippen molar-refractivity contribution in [1.29, 1.82) is 0 Å². The Balaban J connectivity index is 1.86. The van der Waals surface area contributed by atoms with Gasteiger partial charge >= 0.3 is 0 Å². The fraction of sp³-hybridized carbons (Fsp3) is 0.667. The van der Waals surface area contributed by atoms with Gasteiger partial charge in [0.15, 0.2) is 0 Å². The number of hydrogen-bond acceptors (Lipinski definition) is 2. The van der Waals surface area contributed by atoms with Crippen LogP contribution in [0, 0.1) is 0 Å². The van der Waals surface area contributed by atoms with E-state index in [9.17, 15) is 5.11 Å². The first-order chi connectivity index (χ1) is 9.73. The van der Waals surface area contributed by atoms with Gasteiger partial charge in [-0.25, -0.2) is 0 Å². The molecule has 1 aromatic rings. The van der Waals surface area contributed by atoms with E-state index in [2.05, 4.69) is 31.2 Å². The summed E-state index contributed by atoms with van der Waals surface area (Å²) in [4.78, 5) is 0. The van der Waals surface area contributed by atoms with Crippen LogP contribution in [0.2, 0.25) is 0 Å². The van der Waals surface area contributed by atoms with Gasteiger partial charge in [0.1, 0.15) is 0 Å². The summed E-state index contributed by atoms with van der Waals surface area (Å²) in [5.41, 5.74) is 1.89. The van der Waals surface area contributed by atoms with E-state index >= 15 is 0 Å². The summed E-state index contributed by atoms with van der Waals surface area (Å²) < 4.78 is 5.82. The van der Waals surface area contributed by atoms with Crippen LogP contribution >= 0.6 is 0 Å². The van der Waals surface area contributed by atoms with E-state index in [1.807, 2.05) is 0 Å². The minimum atomic E-state index is -0.676. The minimum Gasteiger partial charge on any atom is -0.385 e. The molecule has 0 amide bonds. The molecule has 1 saturated heterocycles. The number of aliphatic hydroxyl groups is 1. The fourth-order valence-electron chi connectivity index (χ4n) is 3.68. The van der Waals surface area contributed by atoms with Crippen molar-refractivity contribution >= 4 is 0 Å². The number of benzene rings is 1. The van der Waals surface area contributed by atoms with Gasteiger partial charge in [0.05, 0.1) is 18.3 Å². The van der Waals surface area contributed by atoms with E-state index in [-0.39, 0.29) is 6.10 Å². The standard InChI is InChI=1S/C18H26O2/c1-2-6-15-13-18(19,11-12-20-15)17-10-4-3-9-16(17)14-7-5-8-14/h3-4,9-10,14-15,19H,2,5-8,11-13H2,1H3. The molecule has 1 aromatic carbocycles. The molecular formula is C18H26O2. The molecule has 0 aromatic heterocycles. The Bertz CT molecular complexity index is 450. The van der Waals surface area contributed by atoms with Crippen LogP contribution in [0.4, 0.5) is 0 Å². The van der Waals surface area contributed by atoms with Crippen LogP contribution in [0.25, 0.3) is 0 Å². The summed E-state index contributed by atoms with van der Waals surface area (Å²) in [6, 6.07) is 8.55. The highest BCUT2D eigenvalue weighted by molar-refractivity contribution is 5.36. The van der Waals surface area contributed by atoms with E-state index in [0.717, 1.165) is 25.7 Å². The van der Waals surface area contributed by atoms with Crippen molar-refractivity contribution in [3.63, 3.8) is 0 Å². The minimum absolute atomic E-state index is 0.216. The maximum atomic E-state index is 11.2. The van der Waals surface area contributed by atoms with Gasteiger partial charge < -0.3 is 9.84 Å². The van der Waals surface area contributed by atoms with Crippen LogP contribution in [0.15, 0.2) is 24.3 Å². The van der Waals surface area contributed by atoms with Gasteiger partial charge in [-0.15, -0.1) is 0 Å². The zero-order chi connectivity index (χ0) is 14.0. The summed E-state index contributed by atoms with van der Waals surface area (Å²) in [5.74, 6) is 0.669. The zero-order valence-electron chi connectivity index (χ0n) is 12.5. The van der Waals surface area contributed by atoms with E-state index in [1.54, 1.807) is 0 Å². The Labute approximate surface area is 122 Å². The highest BCUT2D eigenvalue weighted by Crippen LogP contribution is 2.44. The summed E-state index contributed by atoms with van der Waals surface area (Å²) in [5, 5.41) is 11.2. The highest BCUT2D eigenvalue weighted by atomic mass is 16.5. The first kappa shape index (κ1) is 14.1. The Morgan fingerprint density at radius 2 is 2.10 bits per heavy atom. The fourth-order valence-corrected chi connectivity index (χ4v) is 3.68. The van der Waals surface area contributed by atoms with Crippen LogP contribution < -0.4 is 0 Å². The van der Waals surface area contributed by atoms with Gasteiger partial charge in [0.2, 0.25) is 0 Å². The zero-order valence-corrected chi connectivity index (χ0v) is 12.5. The number of ether oxygens (including phenoxy) is 1. The third-order valence-electron chi connectivity index (χ3n) is 5.05. The molecule has 0 bridgehead atoms. The Morgan fingerprint density at radius 1 is 1.30 bits per heavy atom. The van der Waals surface area contributed by atoms with Crippen molar-refractivity contribution < 1.29 is 9.84 Å². The lowest BCUT2D eigenvalue weighted by molar-refractivity contribution is -0.110. The van der Waals surface area contributed by atoms with Crippen molar-refractivity contribution in [1.82, 2.24) is 0 Å². The lowest BCUT2D eigenvalue weighted by Gasteiger charge is -2.40. The van der Waals surface area contributed by atoms with Crippen molar-refractivity contribution in [2.24, 2.45) is 0 Å². The molecule has 1 aliphatic carbocycles. The maximum absolute atomic E-state index is 11.2. The molecule has 2 atom stereocenters. The molecule has 3 rings (SSSR count). The Kier molecular flexibility index (Phi) is 4.13. The van der Waals surface area contributed by atoms with Gasteiger partial charge in [0, 0.05) is 12.8 Å². The summed E-state index contributed by atoms with van der Waals surface area (Å²) in [6.45, 7) is 2.86. The molecule has 2 fully saturated rings. The summed E-state index contributed by atoms with van der Waals surface area (Å²) >= 11 is 0. The first-order valence-corrected chi connectivity index (χ1v) is 8.16. The average molecular weight is 274 g/mol.